The van der Waals surface area contributed by atoms with Gasteiger partial charge in [-0.2, -0.15) is 11.3 Å². The molecule has 0 spiro atoms. The van der Waals surface area contributed by atoms with Crippen molar-refractivity contribution in [1.29, 1.82) is 0 Å². The largest absolute Gasteiger partial charge is 0.456 e. The van der Waals surface area contributed by atoms with Crippen molar-refractivity contribution in [1.82, 2.24) is 4.98 Å². The van der Waals surface area contributed by atoms with Crippen molar-refractivity contribution < 1.29 is 9.47 Å². The first kappa shape index (κ1) is 22.4. The van der Waals surface area contributed by atoms with Gasteiger partial charge in [-0.05, 0) is 42.0 Å². The van der Waals surface area contributed by atoms with E-state index in [0.717, 1.165) is 69.6 Å². The second-order valence-corrected chi connectivity index (χ2v) is 9.96. The van der Waals surface area contributed by atoms with Crippen LogP contribution in [0.4, 0.5) is 16.4 Å². The number of pyridine rings is 1. The molecule has 1 saturated heterocycles. The smallest absolute Gasteiger partial charge is 0.250 e. The number of H-pyrrole nitrogens is 1. The molecule has 0 saturated carbocycles. The maximum Gasteiger partial charge on any atom is 0.250 e. The van der Waals surface area contributed by atoms with Crippen LogP contribution in [-0.2, 0) is 17.7 Å². The Morgan fingerprint density at radius 2 is 1.94 bits per heavy atom. The molecular formula is C28H24N4O3S. The summed E-state index contributed by atoms with van der Waals surface area (Å²) in [6, 6.07) is 19.7. The number of hydrogen-bond acceptors (Lipinski definition) is 6. The van der Waals surface area contributed by atoms with Crippen molar-refractivity contribution in [2.75, 3.05) is 36.5 Å². The van der Waals surface area contributed by atoms with E-state index in [-0.39, 0.29) is 5.56 Å². The van der Waals surface area contributed by atoms with Crippen LogP contribution in [0, 0.1) is 6.57 Å². The quantitative estimate of drug-likeness (QED) is 0.301. The van der Waals surface area contributed by atoms with Gasteiger partial charge in [0.1, 0.15) is 11.5 Å². The van der Waals surface area contributed by atoms with Gasteiger partial charge in [-0.25, -0.2) is 4.85 Å². The summed E-state index contributed by atoms with van der Waals surface area (Å²) >= 11 is 1.51. The van der Waals surface area contributed by atoms with Crippen molar-refractivity contribution >= 4 is 27.7 Å². The average molecular weight is 497 g/mol. The van der Waals surface area contributed by atoms with E-state index < -0.39 is 0 Å². The number of nitrogens with one attached hydrogen (secondary N) is 2. The fourth-order valence-electron chi connectivity index (χ4n) is 4.69. The van der Waals surface area contributed by atoms with Crippen LogP contribution >= 0.6 is 11.3 Å². The fourth-order valence-corrected chi connectivity index (χ4v) is 5.42. The molecule has 4 aromatic rings. The lowest BCUT2D eigenvalue weighted by Gasteiger charge is -2.29. The molecule has 36 heavy (non-hydrogen) atoms. The lowest BCUT2D eigenvalue weighted by Crippen LogP contribution is -2.36. The second kappa shape index (κ2) is 9.53. The number of rotatable bonds is 5. The van der Waals surface area contributed by atoms with Gasteiger partial charge in [-0.3, -0.25) is 4.79 Å². The third kappa shape index (κ3) is 4.47. The monoisotopic (exact) mass is 496 g/mol. The van der Waals surface area contributed by atoms with E-state index in [1.807, 2.05) is 42.5 Å². The summed E-state index contributed by atoms with van der Waals surface area (Å²) in [5.41, 5.74) is 5.59. The molecule has 4 heterocycles. The summed E-state index contributed by atoms with van der Waals surface area (Å²) in [4.78, 5) is 22.3. The molecule has 0 radical (unpaired) electrons. The molecule has 2 aliphatic rings. The molecule has 180 valence electrons. The first-order valence-corrected chi connectivity index (χ1v) is 12.7. The van der Waals surface area contributed by atoms with Crippen LogP contribution in [0.3, 0.4) is 0 Å². The molecule has 2 aromatic carbocycles. The number of thiophene rings is 1. The lowest BCUT2D eigenvalue weighted by molar-refractivity contribution is 0.122. The average Bonchev–Trinajstić information content (AvgIpc) is 3.38. The number of anilines is 2. The van der Waals surface area contributed by atoms with Crippen molar-refractivity contribution in [2.24, 2.45) is 0 Å². The van der Waals surface area contributed by atoms with Gasteiger partial charge in [0.25, 0.3) is 0 Å². The Kier molecular flexibility index (Phi) is 5.93. The van der Waals surface area contributed by atoms with E-state index in [0.29, 0.717) is 24.8 Å². The number of aromatic amines is 1. The third-order valence-electron chi connectivity index (χ3n) is 6.47. The van der Waals surface area contributed by atoms with Gasteiger partial charge in [0, 0.05) is 59.5 Å². The highest BCUT2D eigenvalue weighted by molar-refractivity contribution is 7.16. The van der Waals surface area contributed by atoms with E-state index in [9.17, 15) is 4.79 Å². The summed E-state index contributed by atoms with van der Waals surface area (Å²) < 4.78 is 11.9. The number of fused-ring (bicyclic) bond motifs is 2. The van der Waals surface area contributed by atoms with E-state index >= 15 is 0 Å². The van der Waals surface area contributed by atoms with Crippen molar-refractivity contribution in [2.45, 2.75) is 13.0 Å². The summed E-state index contributed by atoms with van der Waals surface area (Å²) in [6.45, 7) is 10.7. The summed E-state index contributed by atoms with van der Waals surface area (Å²) in [5, 5.41) is 4.16. The number of ether oxygens (including phenoxy) is 2. The lowest BCUT2D eigenvalue weighted by atomic mass is 9.96. The minimum Gasteiger partial charge on any atom is -0.456 e. The van der Waals surface area contributed by atoms with Crippen molar-refractivity contribution in [3.63, 3.8) is 0 Å². The van der Waals surface area contributed by atoms with Gasteiger partial charge in [0.05, 0.1) is 25.5 Å². The first-order chi connectivity index (χ1) is 17.7. The molecule has 1 fully saturated rings. The Labute approximate surface area is 212 Å². The molecule has 0 unspecified atom stereocenters. The summed E-state index contributed by atoms with van der Waals surface area (Å²) in [6.07, 6.45) is 0.738. The normalized spacial score (nSPS) is 14.4. The molecule has 0 bridgehead atoms. The highest BCUT2D eigenvalue weighted by Gasteiger charge is 2.22. The molecular weight excluding hydrogens is 472 g/mol. The summed E-state index contributed by atoms with van der Waals surface area (Å²) in [7, 11) is 0. The first-order valence-electron chi connectivity index (χ1n) is 11.9. The number of benzene rings is 2. The van der Waals surface area contributed by atoms with Gasteiger partial charge in [-0.15, -0.1) is 0 Å². The van der Waals surface area contributed by atoms with Crippen molar-refractivity contribution in [3.8, 4) is 22.8 Å². The fraction of sp³-hybridized carbons (Fsp3) is 0.214. The standard InChI is InChI=1S/C28H24N4O3S/c1-29-27-8-6-22(36-27)17-30-20-5-7-25-19(14-20)13-18-3-2-4-23(28(18)35-25)24-15-21(16-26(33)31-24)32-9-11-34-12-10-32/h2-8,14-16,30H,9-13,17H2,(H,31,33). The molecule has 2 aromatic heterocycles. The topological polar surface area (TPSA) is 71.0 Å². The molecule has 2 aliphatic heterocycles. The zero-order chi connectivity index (χ0) is 24.5. The van der Waals surface area contributed by atoms with Crippen LogP contribution in [-0.4, -0.2) is 31.3 Å². The minimum atomic E-state index is -0.132. The van der Waals surface area contributed by atoms with Gasteiger partial charge >= 0.3 is 0 Å². The number of hydrogen-bond donors (Lipinski definition) is 2. The Morgan fingerprint density at radius 3 is 2.78 bits per heavy atom. The third-order valence-corrected chi connectivity index (χ3v) is 7.45. The molecule has 0 aliphatic carbocycles. The zero-order valence-electron chi connectivity index (χ0n) is 19.5. The summed E-state index contributed by atoms with van der Waals surface area (Å²) in [5.74, 6) is 1.60. The van der Waals surface area contributed by atoms with E-state index in [2.05, 4.69) is 32.2 Å². The van der Waals surface area contributed by atoms with Gasteiger partial charge in [-0.1, -0.05) is 18.2 Å². The van der Waals surface area contributed by atoms with E-state index in [1.54, 1.807) is 6.07 Å². The van der Waals surface area contributed by atoms with Crippen LogP contribution in [0.1, 0.15) is 16.0 Å². The number of morpholine rings is 1. The molecule has 0 amide bonds. The van der Waals surface area contributed by atoms with Crippen LogP contribution < -0.4 is 20.5 Å². The van der Waals surface area contributed by atoms with Crippen LogP contribution in [0.2, 0.25) is 0 Å². The SMILES string of the molecule is [C-]#[N+]c1ccc(CNc2ccc3c(c2)Cc2cccc(-c4cc(N5CCOCC5)cc(=O)[nH]4)c2O3)s1. The predicted octanol–water partition coefficient (Wildman–Crippen LogP) is 5.80. The van der Waals surface area contributed by atoms with Crippen LogP contribution in [0.5, 0.6) is 11.5 Å². The maximum absolute atomic E-state index is 12.5. The Bertz CT molecular complexity index is 1530. The van der Waals surface area contributed by atoms with Gasteiger partial charge < -0.3 is 24.7 Å². The Balaban J connectivity index is 1.26. The van der Waals surface area contributed by atoms with Crippen LogP contribution in [0.15, 0.2) is 65.5 Å². The van der Waals surface area contributed by atoms with Crippen LogP contribution in [0.25, 0.3) is 16.1 Å². The molecule has 8 heteroatoms. The molecule has 2 N–H and O–H groups in total. The number of nitrogens with zero attached hydrogens (tertiary/aromatic N) is 2. The predicted molar refractivity (Wildman–Crippen MR) is 143 cm³/mol. The zero-order valence-corrected chi connectivity index (χ0v) is 20.4. The maximum atomic E-state index is 12.5. The highest BCUT2D eigenvalue weighted by Crippen LogP contribution is 2.43. The van der Waals surface area contributed by atoms with E-state index in [1.165, 1.54) is 11.3 Å². The highest BCUT2D eigenvalue weighted by atomic mass is 32.1. The Morgan fingerprint density at radius 1 is 1.06 bits per heavy atom. The Hall–Kier alpha value is -4.06. The number of para-hydroxylation sites is 1. The molecule has 6 rings (SSSR count). The van der Waals surface area contributed by atoms with Crippen molar-refractivity contribution in [3.05, 3.63) is 98.4 Å². The van der Waals surface area contributed by atoms with Gasteiger partial charge in [0.2, 0.25) is 10.6 Å². The number of aromatic nitrogens is 1. The van der Waals surface area contributed by atoms with E-state index in [4.69, 9.17) is 16.0 Å². The second-order valence-electron chi connectivity index (χ2n) is 8.82. The molecule has 0 atom stereocenters. The minimum absolute atomic E-state index is 0.132. The molecule has 7 nitrogen and oxygen atoms in total. The van der Waals surface area contributed by atoms with Gasteiger partial charge in [0.15, 0.2) is 0 Å².